The van der Waals surface area contributed by atoms with E-state index in [1.54, 1.807) is 0 Å². The van der Waals surface area contributed by atoms with Crippen LogP contribution in [0.4, 0.5) is 5.69 Å². The van der Waals surface area contributed by atoms with Crippen molar-refractivity contribution >= 4 is 5.69 Å². The van der Waals surface area contributed by atoms with E-state index in [1.807, 2.05) is 18.2 Å². The van der Waals surface area contributed by atoms with Crippen molar-refractivity contribution in [3.05, 3.63) is 30.3 Å². The molecule has 0 aromatic heterocycles. The van der Waals surface area contributed by atoms with Crippen LogP contribution in [0, 0.1) is 11.8 Å². The average molecular weight is 247 g/mol. The number of para-hydroxylation sites is 1. The van der Waals surface area contributed by atoms with Gasteiger partial charge in [0.15, 0.2) is 0 Å². The number of anilines is 1. The van der Waals surface area contributed by atoms with Crippen LogP contribution >= 0.6 is 0 Å². The molecule has 1 aromatic rings. The summed E-state index contributed by atoms with van der Waals surface area (Å²) in [4.78, 5) is 2.34. The number of fused-ring (bicyclic) bond motifs is 5. The van der Waals surface area contributed by atoms with Gasteiger partial charge < -0.3 is 19.8 Å². The molecule has 0 aliphatic carbocycles. The van der Waals surface area contributed by atoms with E-state index in [0.717, 1.165) is 13.1 Å². The second kappa shape index (κ2) is 3.70. The van der Waals surface area contributed by atoms with E-state index >= 15 is 0 Å². The molecule has 3 heterocycles. The minimum absolute atomic E-state index is 0.177. The van der Waals surface area contributed by atoms with Gasteiger partial charge in [-0.05, 0) is 12.1 Å². The number of benzene rings is 1. The van der Waals surface area contributed by atoms with Crippen molar-refractivity contribution in [2.75, 3.05) is 18.0 Å². The van der Waals surface area contributed by atoms with Crippen LogP contribution in [-0.2, 0) is 4.74 Å². The van der Waals surface area contributed by atoms with Gasteiger partial charge in [-0.2, -0.15) is 0 Å². The third-order valence-electron chi connectivity index (χ3n) is 4.72. The van der Waals surface area contributed by atoms with Crippen molar-refractivity contribution in [3.8, 4) is 0 Å². The van der Waals surface area contributed by atoms with Gasteiger partial charge in [0.1, 0.15) is 12.2 Å². The van der Waals surface area contributed by atoms with E-state index < -0.39 is 12.2 Å². The lowest BCUT2D eigenvalue weighted by atomic mass is 9.79. The summed E-state index contributed by atoms with van der Waals surface area (Å²) in [5, 5.41) is 19.8. The van der Waals surface area contributed by atoms with Crippen LogP contribution in [0.5, 0.6) is 0 Å². The van der Waals surface area contributed by atoms with Crippen molar-refractivity contribution in [3.63, 3.8) is 0 Å². The van der Waals surface area contributed by atoms with Gasteiger partial charge in [0.05, 0.1) is 12.2 Å². The fourth-order valence-electron chi connectivity index (χ4n) is 3.84. The predicted octanol–water partition coefficient (Wildman–Crippen LogP) is 0.242. The number of aliphatic hydroxyl groups excluding tert-OH is 2. The Labute approximate surface area is 106 Å². The van der Waals surface area contributed by atoms with Gasteiger partial charge >= 0.3 is 0 Å². The van der Waals surface area contributed by atoms with E-state index in [0.29, 0.717) is 11.8 Å². The normalized spacial score (nSPS) is 45.6. The Hall–Kier alpha value is -1.10. The number of hydrogen-bond donors (Lipinski definition) is 2. The fraction of sp³-hybridized carbons (Fsp3) is 0.571. The van der Waals surface area contributed by atoms with Crippen molar-refractivity contribution < 1.29 is 14.9 Å². The van der Waals surface area contributed by atoms with Gasteiger partial charge in [-0.15, -0.1) is 0 Å². The zero-order chi connectivity index (χ0) is 12.3. The molecule has 6 atom stereocenters. The summed E-state index contributed by atoms with van der Waals surface area (Å²) in [6, 6.07) is 10.3. The molecule has 4 nitrogen and oxygen atoms in total. The molecule has 0 saturated carbocycles. The fourth-order valence-corrected chi connectivity index (χ4v) is 3.84. The molecule has 96 valence electrons. The lowest BCUT2D eigenvalue weighted by molar-refractivity contribution is -0.0122. The molecule has 0 spiro atoms. The second-order valence-electron chi connectivity index (χ2n) is 5.61. The number of hydrogen-bond acceptors (Lipinski definition) is 4. The van der Waals surface area contributed by atoms with E-state index in [1.165, 1.54) is 5.69 Å². The third-order valence-corrected chi connectivity index (χ3v) is 4.72. The van der Waals surface area contributed by atoms with Crippen LogP contribution in [0.3, 0.4) is 0 Å². The SMILES string of the molecule is OC1[C@@H](O)[C@H]2O[C@@H]1[C@@H]1CN(c3ccccc3)C[C@@H]12. The molecule has 1 unspecified atom stereocenters. The monoisotopic (exact) mass is 247 g/mol. The molecule has 18 heavy (non-hydrogen) atoms. The predicted molar refractivity (Wildman–Crippen MR) is 66.3 cm³/mol. The topological polar surface area (TPSA) is 52.9 Å². The first-order valence-electron chi connectivity index (χ1n) is 6.57. The van der Waals surface area contributed by atoms with Crippen molar-refractivity contribution in [1.82, 2.24) is 0 Å². The maximum atomic E-state index is 9.90. The van der Waals surface area contributed by atoms with Crippen LogP contribution in [-0.4, -0.2) is 47.7 Å². The van der Waals surface area contributed by atoms with Crippen LogP contribution in [0.1, 0.15) is 0 Å². The molecule has 4 rings (SSSR count). The molecular weight excluding hydrogens is 230 g/mol. The van der Waals surface area contributed by atoms with Gasteiger partial charge in [-0.25, -0.2) is 0 Å². The molecule has 3 saturated heterocycles. The Morgan fingerprint density at radius 2 is 1.50 bits per heavy atom. The van der Waals surface area contributed by atoms with Crippen LogP contribution in [0.2, 0.25) is 0 Å². The van der Waals surface area contributed by atoms with E-state index in [9.17, 15) is 10.2 Å². The lowest BCUT2D eigenvalue weighted by Gasteiger charge is -2.27. The number of nitrogens with zero attached hydrogens (tertiary/aromatic N) is 1. The summed E-state index contributed by atoms with van der Waals surface area (Å²) in [5.41, 5.74) is 1.22. The Morgan fingerprint density at radius 1 is 0.944 bits per heavy atom. The summed E-state index contributed by atoms with van der Waals surface area (Å²) in [6.07, 6.45) is -1.76. The number of rotatable bonds is 1. The highest BCUT2D eigenvalue weighted by Gasteiger charge is 2.61. The van der Waals surface area contributed by atoms with Crippen molar-refractivity contribution in [2.45, 2.75) is 24.4 Å². The summed E-state index contributed by atoms with van der Waals surface area (Å²) < 4.78 is 5.72. The Morgan fingerprint density at radius 3 is 2.06 bits per heavy atom. The summed E-state index contributed by atoms with van der Waals surface area (Å²) in [6.45, 7) is 1.83. The Bertz CT molecular complexity index is 430. The van der Waals surface area contributed by atoms with Crippen molar-refractivity contribution in [2.24, 2.45) is 11.8 Å². The highest BCUT2D eigenvalue weighted by atomic mass is 16.6. The van der Waals surface area contributed by atoms with Gasteiger partial charge in [-0.3, -0.25) is 0 Å². The minimum Gasteiger partial charge on any atom is -0.388 e. The number of aliphatic hydroxyl groups is 2. The van der Waals surface area contributed by atoms with Gasteiger partial charge in [0.25, 0.3) is 0 Å². The average Bonchev–Trinajstić information content (AvgIpc) is 3.03. The van der Waals surface area contributed by atoms with Gasteiger partial charge in [0.2, 0.25) is 0 Å². The van der Waals surface area contributed by atoms with Crippen LogP contribution < -0.4 is 4.90 Å². The lowest BCUT2D eigenvalue weighted by Crippen LogP contribution is -2.46. The zero-order valence-electron chi connectivity index (χ0n) is 10.0. The molecule has 4 heteroatoms. The van der Waals surface area contributed by atoms with E-state index in [4.69, 9.17) is 4.74 Å². The number of ether oxygens (including phenoxy) is 1. The van der Waals surface area contributed by atoms with Crippen LogP contribution in [0.25, 0.3) is 0 Å². The smallest absolute Gasteiger partial charge is 0.109 e. The quantitative estimate of drug-likeness (QED) is 0.746. The molecule has 2 bridgehead atoms. The first kappa shape index (κ1) is 10.8. The molecule has 0 radical (unpaired) electrons. The molecule has 3 aliphatic heterocycles. The maximum Gasteiger partial charge on any atom is 0.109 e. The van der Waals surface area contributed by atoms with Gasteiger partial charge in [-0.1, -0.05) is 18.2 Å². The van der Waals surface area contributed by atoms with E-state index in [-0.39, 0.29) is 12.2 Å². The Balaban J connectivity index is 1.59. The summed E-state index contributed by atoms with van der Waals surface area (Å²) in [5.74, 6) is 0.710. The molecule has 3 fully saturated rings. The molecular formula is C14H17NO3. The summed E-state index contributed by atoms with van der Waals surface area (Å²) >= 11 is 0. The molecule has 0 amide bonds. The third kappa shape index (κ3) is 1.31. The maximum absolute atomic E-state index is 9.90. The molecule has 3 aliphatic rings. The first-order chi connectivity index (χ1) is 8.75. The highest BCUT2D eigenvalue weighted by Crippen LogP contribution is 2.48. The summed E-state index contributed by atoms with van der Waals surface area (Å²) in [7, 11) is 0. The Kier molecular flexibility index (Phi) is 2.22. The highest BCUT2D eigenvalue weighted by molar-refractivity contribution is 5.48. The van der Waals surface area contributed by atoms with Gasteiger partial charge in [0, 0.05) is 30.6 Å². The zero-order valence-corrected chi connectivity index (χ0v) is 10.0. The van der Waals surface area contributed by atoms with Crippen molar-refractivity contribution in [1.29, 1.82) is 0 Å². The standard InChI is InChI=1S/C14H17NO3/c16-11-12(17)14-10-7-15(6-9(10)13(11)18-14)8-4-2-1-3-5-8/h1-5,9-14,16-17H,6-7H2/t9-,10+,11+,12?,13-,14+/m0/s1. The molecule has 2 N–H and O–H groups in total. The van der Waals surface area contributed by atoms with E-state index in [2.05, 4.69) is 17.0 Å². The molecule has 1 aromatic carbocycles. The first-order valence-corrected chi connectivity index (χ1v) is 6.57. The second-order valence-corrected chi connectivity index (χ2v) is 5.61. The van der Waals surface area contributed by atoms with Crippen LogP contribution in [0.15, 0.2) is 30.3 Å². The largest absolute Gasteiger partial charge is 0.388 e. The minimum atomic E-state index is -0.702.